The summed E-state index contributed by atoms with van der Waals surface area (Å²) in [6.07, 6.45) is -0.443. The molecular formula is C25H39N3O6. The third-order valence-electron chi connectivity index (χ3n) is 6.82. The zero-order valence-corrected chi connectivity index (χ0v) is 21.0. The summed E-state index contributed by atoms with van der Waals surface area (Å²) in [5, 5.41) is 25.0. The Balaban J connectivity index is 1.21. The second-order valence-electron chi connectivity index (χ2n) is 9.93. The number of pyridine rings is 1. The predicted octanol–water partition coefficient (Wildman–Crippen LogP) is 1.95. The summed E-state index contributed by atoms with van der Waals surface area (Å²) in [6.45, 7) is 12.5. The van der Waals surface area contributed by atoms with E-state index in [0.717, 1.165) is 51.0 Å². The molecule has 0 spiro atoms. The molecule has 0 aromatic carbocycles. The molecule has 34 heavy (non-hydrogen) atoms. The third kappa shape index (κ3) is 5.61. The lowest BCUT2D eigenvalue weighted by Gasteiger charge is -2.29. The molecule has 0 unspecified atom stereocenters. The van der Waals surface area contributed by atoms with Crippen LogP contribution in [0.1, 0.15) is 63.6 Å². The smallest absolute Gasteiger partial charge is 0.190 e. The first-order chi connectivity index (χ1) is 16.2. The largest absolute Gasteiger partial charge is 0.393 e. The van der Waals surface area contributed by atoms with Crippen LogP contribution in [0.2, 0.25) is 0 Å². The number of aromatic nitrogens is 1. The summed E-state index contributed by atoms with van der Waals surface area (Å²) in [6, 6.07) is 2.34. The van der Waals surface area contributed by atoms with Gasteiger partial charge in [0.2, 0.25) is 0 Å². The maximum absolute atomic E-state index is 10.4. The molecule has 0 bridgehead atoms. The standard InChI is InChI=1S/C25H39N3O6/c1-6-16-12-17-13-28(11-9-19(17)26-18(16)7-2)10-8-15(3)27-31-14-20(29)22-21(30)23-24(32-22)34-25(4,5)33-23/h12,20-24,29-30H,6-11,13-14H2,1-5H3/b27-15+/t20-,21+,22-,23-,24-/m1/s1. The zero-order chi connectivity index (χ0) is 24.5. The van der Waals surface area contributed by atoms with Crippen molar-refractivity contribution in [3.63, 3.8) is 0 Å². The van der Waals surface area contributed by atoms with Crippen molar-refractivity contribution in [3.05, 3.63) is 28.6 Å². The molecule has 0 amide bonds. The highest BCUT2D eigenvalue weighted by Gasteiger charge is 2.56. The monoisotopic (exact) mass is 477 g/mol. The second-order valence-corrected chi connectivity index (χ2v) is 9.93. The van der Waals surface area contributed by atoms with Gasteiger partial charge in [-0.25, -0.2) is 0 Å². The van der Waals surface area contributed by atoms with Crippen LogP contribution in [0.25, 0.3) is 0 Å². The van der Waals surface area contributed by atoms with Gasteiger partial charge in [-0.1, -0.05) is 25.1 Å². The Hall–Kier alpha value is -1.62. The zero-order valence-electron chi connectivity index (χ0n) is 21.0. The normalized spacial score (nSPS) is 29.7. The van der Waals surface area contributed by atoms with Gasteiger partial charge in [0, 0.05) is 43.9 Å². The molecule has 0 radical (unpaired) electrons. The van der Waals surface area contributed by atoms with Gasteiger partial charge in [0.15, 0.2) is 12.1 Å². The van der Waals surface area contributed by atoms with Gasteiger partial charge < -0.3 is 29.3 Å². The van der Waals surface area contributed by atoms with E-state index in [9.17, 15) is 10.2 Å². The van der Waals surface area contributed by atoms with E-state index in [-0.39, 0.29) is 6.61 Å². The number of aryl methyl sites for hydroxylation is 2. The molecule has 1 aromatic heterocycles. The van der Waals surface area contributed by atoms with E-state index in [2.05, 4.69) is 30.0 Å². The van der Waals surface area contributed by atoms with Crippen LogP contribution in [0.15, 0.2) is 11.2 Å². The molecule has 2 N–H and O–H groups in total. The SMILES string of the molecule is CCc1cc2c(nc1CC)CCN(CC/C(C)=N/OC[C@@H](O)[C@H]1O[C@@H]3OC(C)(C)O[C@@H]3[C@H]1O)C2. The number of ether oxygens (including phenoxy) is 3. The van der Waals surface area contributed by atoms with Crippen LogP contribution >= 0.6 is 0 Å². The van der Waals surface area contributed by atoms with E-state index in [1.54, 1.807) is 13.8 Å². The number of aliphatic hydroxyl groups excluding tert-OH is 2. The molecule has 4 heterocycles. The molecule has 9 nitrogen and oxygen atoms in total. The summed E-state index contributed by atoms with van der Waals surface area (Å²) >= 11 is 0. The van der Waals surface area contributed by atoms with E-state index in [1.165, 1.54) is 22.5 Å². The lowest BCUT2D eigenvalue weighted by Crippen LogP contribution is -2.42. The maximum Gasteiger partial charge on any atom is 0.190 e. The third-order valence-corrected chi connectivity index (χ3v) is 6.82. The highest BCUT2D eigenvalue weighted by atomic mass is 16.8. The average Bonchev–Trinajstić information content (AvgIpc) is 3.28. The first kappa shape index (κ1) is 25.5. The van der Waals surface area contributed by atoms with E-state index in [0.29, 0.717) is 0 Å². The number of rotatable bonds is 9. The first-order valence-electron chi connectivity index (χ1n) is 12.5. The molecule has 1 aromatic rings. The van der Waals surface area contributed by atoms with Crippen LogP contribution in [0.5, 0.6) is 0 Å². The molecule has 0 saturated carbocycles. The molecule has 0 aliphatic carbocycles. The fourth-order valence-corrected chi connectivity index (χ4v) is 4.94. The molecule has 3 aliphatic rings. The second kappa shape index (κ2) is 10.6. The van der Waals surface area contributed by atoms with Gasteiger partial charge in [-0.15, -0.1) is 0 Å². The minimum absolute atomic E-state index is 0.0792. The van der Waals surface area contributed by atoms with Gasteiger partial charge in [0.05, 0.1) is 5.71 Å². The fourth-order valence-electron chi connectivity index (χ4n) is 4.94. The Morgan fingerprint density at radius 3 is 2.82 bits per heavy atom. The van der Waals surface area contributed by atoms with Crippen LogP contribution in [-0.4, -0.2) is 82.0 Å². The van der Waals surface area contributed by atoms with Crippen LogP contribution in [-0.2, 0) is 44.9 Å². The molecule has 2 saturated heterocycles. The van der Waals surface area contributed by atoms with Crippen LogP contribution in [0.3, 0.4) is 0 Å². The minimum Gasteiger partial charge on any atom is -0.393 e. The van der Waals surface area contributed by atoms with Gasteiger partial charge >= 0.3 is 0 Å². The van der Waals surface area contributed by atoms with E-state index in [4.69, 9.17) is 24.0 Å². The van der Waals surface area contributed by atoms with Crippen molar-refractivity contribution in [1.82, 2.24) is 9.88 Å². The van der Waals surface area contributed by atoms with Crippen molar-refractivity contribution < 1.29 is 29.3 Å². The van der Waals surface area contributed by atoms with Gasteiger partial charge in [-0.05, 0) is 44.7 Å². The summed E-state index contributed by atoms with van der Waals surface area (Å²) < 4.78 is 16.9. The molecule has 4 rings (SSSR count). The Bertz CT molecular complexity index is 892. The fraction of sp³-hybridized carbons (Fsp3) is 0.760. The van der Waals surface area contributed by atoms with Crippen molar-refractivity contribution in [1.29, 1.82) is 0 Å². The molecule has 5 atom stereocenters. The van der Waals surface area contributed by atoms with Crippen molar-refractivity contribution in [3.8, 4) is 0 Å². The molecule has 3 aliphatic heterocycles. The summed E-state index contributed by atoms with van der Waals surface area (Å²) in [5.41, 5.74) is 6.03. The number of hydrogen-bond donors (Lipinski definition) is 2. The summed E-state index contributed by atoms with van der Waals surface area (Å²) in [5.74, 6) is -0.812. The number of hydrogen-bond acceptors (Lipinski definition) is 9. The minimum atomic E-state index is -1.04. The lowest BCUT2D eigenvalue weighted by atomic mass is 9.99. The predicted molar refractivity (Wildman–Crippen MR) is 126 cm³/mol. The van der Waals surface area contributed by atoms with Crippen LogP contribution < -0.4 is 0 Å². The number of nitrogens with zero attached hydrogens (tertiary/aromatic N) is 3. The highest BCUT2D eigenvalue weighted by Crippen LogP contribution is 2.38. The Morgan fingerprint density at radius 2 is 2.12 bits per heavy atom. The lowest BCUT2D eigenvalue weighted by molar-refractivity contribution is -0.228. The van der Waals surface area contributed by atoms with E-state index >= 15 is 0 Å². The number of fused-ring (bicyclic) bond motifs is 2. The molecular weight excluding hydrogens is 438 g/mol. The average molecular weight is 478 g/mol. The molecule has 190 valence electrons. The van der Waals surface area contributed by atoms with Crippen molar-refractivity contribution in [2.45, 2.75) is 103 Å². The topological polar surface area (TPSA) is 106 Å². The van der Waals surface area contributed by atoms with Crippen molar-refractivity contribution in [2.24, 2.45) is 5.16 Å². The van der Waals surface area contributed by atoms with Gasteiger partial charge in [0.1, 0.15) is 31.0 Å². The van der Waals surface area contributed by atoms with E-state index < -0.39 is 36.5 Å². The van der Waals surface area contributed by atoms with Gasteiger partial charge in [-0.3, -0.25) is 9.88 Å². The summed E-state index contributed by atoms with van der Waals surface area (Å²) in [7, 11) is 0. The van der Waals surface area contributed by atoms with Crippen molar-refractivity contribution >= 4 is 5.71 Å². The Morgan fingerprint density at radius 1 is 1.32 bits per heavy atom. The Kier molecular flexibility index (Phi) is 7.91. The maximum atomic E-state index is 10.4. The number of aliphatic hydroxyl groups is 2. The van der Waals surface area contributed by atoms with E-state index in [1.807, 2.05) is 6.92 Å². The van der Waals surface area contributed by atoms with Gasteiger partial charge in [-0.2, -0.15) is 0 Å². The highest BCUT2D eigenvalue weighted by molar-refractivity contribution is 5.81. The molecule has 2 fully saturated rings. The Labute approximate surface area is 202 Å². The van der Waals surface area contributed by atoms with Crippen molar-refractivity contribution in [2.75, 3.05) is 19.7 Å². The molecule has 9 heteroatoms. The van der Waals surface area contributed by atoms with Crippen LogP contribution in [0, 0.1) is 0 Å². The summed E-state index contributed by atoms with van der Waals surface area (Å²) in [4.78, 5) is 12.7. The van der Waals surface area contributed by atoms with Crippen LogP contribution in [0.4, 0.5) is 0 Å². The number of oxime groups is 1. The quantitative estimate of drug-likeness (QED) is 0.411. The first-order valence-corrected chi connectivity index (χ1v) is 12.5. The van der Waals surface area contributed by atoms with Gasteiger partial charge in [0.25, 0.3) is 0 Å².